The van der Waals surface area contributed by atoms with E-state index < -0.39 is 0 Å². The molecular weight excluding hydrogens is 342 g/mol. The molecule has 146 valence electrons. The fourth-order valence-electron chi connectivity index (χ4n) is 4.03. The van der Waals surface area contributed by atoms with Crippen LogP contribution in [0, 0.1) is 13.8 Å². The molecule has 3 rings (SSSR count). The zero-order valence-electron chi connectivity index (χ0n) is 16.9. The number of ether oxygens (including phenoxy) is 2. The molecule has 6 nitrogen and oxygen atoms in total. The quantitative estimate of drug-likeness (QED) is 0.774. The number of aryl methyl sites for hydroxylation is 2. The molecule has 0 aliphatic carbocycles. The molecule has 2 unspecified atom stereocenters. The van der Waals surface area contributed by atoms with E-state index in [4.69, 9.17) is 9.47 Å². The normalized spacial score (nSPS) is 17.8. The van der Waals surface area contributed by atoms with Crippen molar-refractivity contribution in [3.8, 4) is 11.5 Å². The van der Waals surface area contributed by atoms with Gasteiger partial charge in [0.2, 0.25) is 5.91 Å². The van der Waals surface area contributed by atoms with Gasteiger partial charge in [0.15, 0.2) is 0 Å². The molecule has 0 N–H and O–H groups in total. The average molecular weight is 371 g/mol. The minimum absolute atomic E-state index is 0.0326. The van der Waals surface area contributed by atoms with E-state index in [9.17, 15) is 4.79 Å². The maximum Gasteiger partial charge on any atom is 0.225 e. The van der Waals surface area contributed by atoms with Crippen molar-refractivity contribution >= 4 is 5.91 Å². The van der Waals surface area contributed by atoms with Gasteiger partial charge in [-0.05, 0) is 51.8 Å². The topological polar surface area (TPSA) is 56.6 Å². The molecule has 1 amide bonds. The van der Waals surface area contributed by atoms with Crippen molar-refractivity contribution in [2.45, 2.75) is 52.1 Å². The summed E-state index contributed by atoms with van der Waals surface area (Å²) in [5, 5.41) is 4.53. The summed E-state index contributed by atoms with van der Waals surface area (Å²) >= 11 is 0. The average Bonchev–Trinajstić information content (AvgIpc) is 3.27. The third-order valence-electron chi connectivity index (χ3n) is 5.30. The zero-order chi connectivity index (χ0) is 19.6. The molecule has 2 aromatic rings. The Morgan fingerprint density at radius 2 is 2.04 bits per heavy atom. The van der Waals surface area contributed by atoms with E-state index in [0.717, 1.165) is 47.8 Å². The predicted molar refractivity (Wildman–Crippen MR) is 104 cm³/mol. The maximum absolute atomic E-state index is 13.1. The van der Waals surface area contributed by atoms with E-state index in [-0.39, 0.29) is 18.0 Å². The Morgan fingerprint density at radius 3 is 2.67 bits per heavy atom. The van der Waals surface area contributed by atoms with Crippen LogP contribution in [0.2, 0.25) is 0 Å². The second-order valence-corrected chi connectivity index (χ2v) is 7.28. The summed E-state index contributed by atoms with van der Waals surface area (Å²) in [6.07, 6.45) is 2.39. The van der Waals surface area contributed by atoms with Gasteiger partial charge in [-0.3, -0.25) is 9.48 Å². The van der Waals surface area contributed by atoms with Gasteiger partial charge in [0.25, 0.3) is 0 Å². The smallest absolute Gasteiger partial charge is 0.225 e. The first kappa shape index (κ1) is 19.3. The Bertz CT molecular complexity index is 815. The van der Waals surface area contributed by atoms with Crippen molar-refractivity contribution in [3.63, 3.8) is 0 Å². The molecule has 2 heterocycles. The van der Waals surface area contributed by atoms with E-state index in [1.807, 2.05) is 47.7 Å². The minimum atomic E-state index is 0.0326. The largest absolute Gasteiger partial charge is 0.497 e. The lowest BCUT2D eigenvalue weighted by molar-refractivity contribution is -0.133. The van der Waals surface area contributed by atoms with Gasteiger partial charge in [0.05, 0.1) is 32.0 Å². The van der Waals surface area contributed by atoms with Crippen molar-refractivity contribution in [3.05, 3.63) is 41.2 Å². The lowest BCUT2D eigenvalue weighted by atomic mass is 10.0. The molecule has 27 heavy (non-hydrogen) atoms. The Hall–Kier alpha value is -2.50. The second kappa shape index (κ2) is 8.03. The molecule has 1 aromatic heterocycles. The minimum Gasteiger partial charge on any atom is -0.497 e. The van der Waals surface area contributed by atoms with Crippen LogP contribution in [-0.4, -0.2) is 41.4 Å². The predicted octanol–water partition coefficient (Wildman–Crippen LogP) is 3.83. The van der Waals surface area contributed by atoms with Crippen LogP contribution in [0.15, 0.2) is 24.3 Å². The molecule has 1 aliphatic heterocycles. The summed E-state index contributed by atoms with van der Waals surface area (Å²) < 4.78 is 12.8. The first-order valence-electron chi connectivity index (χ1n) is 9.48. The van der Waals surface area contributed by atoms with Gasteiger partial charge in [0, 0.05) is 30.3 Å². The lowest BCUT2D eigenvalue weighted by Gasteiger charge is -2.28. The molecule has 0 radical (unpaired) electrons. The van der Waals surface area contributed by atoms with Crippen molar-refractivity contribution < 1.29 is 14.3 Å². The number of likely N-dealkylation sites (tertiary alicyclic amines) is 1. The Morgan fingerprint density at radius 1 is 1.26 bits per heavy atom. The standard InChI is InChI=1S/C21H29N3O3/c1-14-11-15(2)24(22-14)16(3)12-21(25)23-10-6-7-19(23)18-9-8-17(26-4)13-20(18)27-5/h8-9,11,13,16,19H,6-7,10,12H2,1-5H3. The highest BCUT2D eigenvalue weighted by atomic mass is 16.5. The number of aromatic nitrogens is 2. The highest BCUT2D eigenvalue weighted by Gasteiger charge is 2.32. The van der Waals surface area contributed by atoms with Gasteiger partial charge in [-0.1, -0.05) is 0 Å². The number of hydrogen-bond donors (Lipinski definition) is 0. The summed E-state index contributed by atoms with van der Waals surface area (Å²) in [4.78, 5) is 15.1. The van der Waals surface area contributed by atoms with E-state index >= 15 is 0 Å². The number of methoxy groups -OCH3 is 2. The van der Waals surface area contributed by atoms with Gasteiger partial charge in [-0.15, -0.1) is 0 Å². The third kappa shape index (κ3) is 3.94. The highest BCUT2D eigenvalue weighted by Crippen LogP contribution is 2.39. The summed E-state index contributed by atoms with van der Waals surface area (Å²) in [7, 11) is 3.30. The molecule has 1 fully saturated rings. The summed E-state index contributed by atoms with van der Waals surface area (Å²) in [6, 6.07) is 7.95. The SMILES string of the molecule is COc1ccc(C2CCCN2C(=O)CC(C)n2nc(C)cc2C)c(OC)c1. The van der Waals surface area contributed by atoms with Crippen LogP contribution in [-0.2, 0) is 4.79 Å². The maximum atomic E-state index is 13.1. The van der Waals surface area contributed by atoms with E-state index in [0.29, 0.717) is 6.42 Å². The number of rotatable bonds is 6. The molecule has 2 atom stereocenters. The van der Waals surface area contributed by atoms with Crippen LogP contribution >= 0.6 is 0 Å². The zero-order valence-corrected chi connectivity index (χ0v) is 16.9. The molecule has 0 saturated carbocycles. The van der Waals surface area contributed by atoms with Gasteiger partial charge < -0.3 is 14.4 Å². The van der Waals surface area contributed by atoms with Crippen LogP contribution < -0.4 is 9.47 Å². The molecule has 0 bridgehead atoms. The number of carbonyl (C=O) groups is 1. The molecule has 1 aromatic carbocycles. The first-order chi connectivity index (χ1) is 12.9. The molecule has 0 spiro atoms. The van der Waals surface area contributed by atoms with Crippen LogP contribution in [0.5, 0.6) is 11.5 Å². The fraction of sp³-hybridized carbons (Fsp3) is 0.524. The van der Waals surface area contributed by atoms with E-state index in [1.165, 1.54) is 0 Å². The van der Waals surface area contributed by atoms with Gasteiger partial charge in [0.1, 0.15) is 11.5 Å². The molecule has 1 saturated heterocycles. The Balaban J connectivity index is 1.78. The van der Waals surface area contributed by atoms with Gasteiger partial charge >= 0.3 is 0 Å². The monoisotopic (exact) mass is 371 g/mol. The third-order valence-corrected chi connectivity index (χ3v) is 5.30. The Labute approximate surface area is 161 Å². The summed E-state index contributed by atoms with van der Waals surface area (Å²) in [5.41, 5.74) is 3.11. The second-order valence-electron chi connectivity index (χ2n) is 7.28. The number of nitrogens with zero attached hydrogens (tertiary/aromatic N) is 3. The number of amides is 1. The van der Waals surface area contributed by atoms with Crippen molar-refractivity contribution in [2.75, 3.05) is 20.8 Å². The number of hydrogen-bond acceptors (Lipinski definition) is 4. The van der Waals surface area contributed by atoms with Crippen LogP contribution in [0.4, 0.5) is 0 Å². The summed E-state index contributed by atoms with van der Waals surface area (Å²) in [6.45, 7) is 6.84. The van der Waals surface area contributed by atoms with Crippen molar-refractivity contribution in [1.82, 2.24) is 14.7 Å². The van der Waals surface area contributed by atoms with Gasteiger partial charge in [-0.2, -0.15) is 5.10 Å². The van der Waals surface area contributed by atoms with Crippen LogP contribution in [0.3, 0.4) is 0 Å². The molecular formula is C21H29N3O3. The first-order valence-corrected chi connectivity index (χ1v) is 9.48. The van der Waals surface area contributed by atoms with E-state index in [2.05, 4.69) is 12.0 Å². The Kier molecular flexibility index (Phi) is 5.73. The molecule has 6 heteroatoms. The van der Waals surface area contributed by atoms with Crippen LogP contribution in [0.25, 0.3) is 0 Å². The highest BCUT2D eigenvalue weighted by molar-refractivity contribution is 5.77. The number of benzene rings is 1. The van der Waals surface area contributed by atoms with E-state index in [1.54, 1.807) is 14.2 Å². The molecule has 1 aliphatic rings. The lowest BCUT2D eigenvalue weighted by Crippen LogP contribution is -2.32. The number of carbonyl (C=O) groups excluding carboxylic acids is 1. The van der Waals surface area contributed by atoms with Crippen molar-refractivity contribution in [1.29, 1.82) is 0 Å². The fourth-order valence-corrected chi connectivity index (χ4v) is 4.03. The summed E-state index contributed by atoms with van der Waals surface area (Å²) in [5.74, 6) is 1.69. The van der Waals surface area contributed by atoms with Gasteiger partial charge in [-0.25, -0.2) is 0 Å². The van der Waals surface area contributed by atoms with Crippen LogP contribution in [0.1, 0.15) is 55.2 Å². The van der Waals surface area contributed by atoms with Crippen molar-refractivity contribution in [2.24, 2.45) is 0 Å².